The monoisotopic (exact) mass is 423 g/mol. The van der Waals surface area contributed by atoms with Gasteiger partial charge in [-0.2, -0.15) is 5.10 Å². The third kappa shape index (κ3) is 4.95. The largest absolute Gasteiger partial charge is 0.490 e. The summed E-state index contributed by atoms with van der Waals surface area (Å²) in [7, 11) is 0. The highest BCUT2D eigenvalue weighted by atomic mass is 79.9. The van der Waals surface area contributed by atoms with Crippen LogP contribution < -0.4 is 14.9 Å². The molecule has 0 saturated heterocycles. The van der Waals surface area contributed by atoms with E-state index < -0.39 is 0 Å². The fourth-order valence-electron chi connectivity index (χ4n) is 2.76. The van der Waals surface area contributed by atoms with Crippen LogP contribution in [0.4, 0.5) is 5.13 Å². The van der Waals surface area contributed by atoms with Crippen LogP contribution in [0.15, 0.2) is 27.1 Å². The number of anilines is 1. The molecule has 0 unspecified atom stereocenters. The molecule has 0 spiro atoms. The number of nitrogens with zero attached hydrogens (tertiary/aromatic N) is 2. The Morgan fingerprint density at radius 2 is 2.16 bits per heavy atom. The molecule has 1 heterocycles. The van der Waals surface area contributed by atoms with Crippen LogP contribution in [0.2, 0.25) is 0 Å². The first-order valence-corrected chi connectivity index (χ1v) is 10.2. The summed E-state index contributed by atoms with van der Waals surface area (Å²) in [6.45, 7) is 4.52. The Kier molecular flexibility index (Phi) is 6.31. The number of hydrazone groups is 1. The zero-order valence-electron chi connectivity index (χ0n) is 14.4. The van der Waals surface area contributed by atoms with Crippen molar-refractivity contribution in [1.29, 1.82) is 0 Å². The zero-order valence-corrected chi connectivity index (χ0v) is 16.8. The first-order valence-electron chi connectivity index (χ1n) is 8.50. The number of aromatic nitrogens is 1. The van der Waals surface area contributed by atoms with Crippen molar-refractivity contribution < 1.29 is 9.47 Å². The van der Waals surface area contributed by atoms with Crippen molar-refractivity contribution in [3.8, 4) is 11.5 Å². The van der Waals surface area contributed by atoms with E-state index in [9.17, 15) is 0 Å². The van der Waals surface area contributed by atoms with E-state index in [1.165, 1.54) is 24.2 Å². The zero-order chi connectivity index (χ0) is 17.6. The van der Waals surface area contributed by atoms with Crippen LogP contribution in [0.5, 0.6) is 11.5 Å². The highest BCUT2D eigenvalue weighted by molar-refractivity contribution is 9.10. The summed E-state index contributed by atoms with van der Waals surface area (Å²) in [5, 5.41) is 7.02. The smallest absolute Gasteiger partial charge is 0.203 e. The van der Waals surface area contributed by atoms with Gasteiger partial charge in [-0.1, -0.05) is 0 Å². The summed E-state index contributed by atoms with van der Waals surface area (Å²) < 4.78 is 12.8. The van der Waals surface area contributed by atoms with Crippen molar-refractivity contribution in [2.45, 2.75) is 45.6 Å². The number of nitrogens with one attached hydrogen (secondary N) is 1. The number of hydrogen-bond acceptors (Lipinski definition) is 6. The van der Waals surface area contributed by atoms with Crippen LogP contribution in [-0.2, 0) is 0 Å². The minimum Gasteiger partial charge on any atom is -0.490 e. The highest BCUT2D eigenvalue weighted by Crippen LogP contribution is 2.36. The molecule has 0 atom stereocenters. The summed E-state index contributed by atoms with van der Waals surface area (Å²) in [5.41, 5.74) is 4.85. The molecule has 1 N–H and O–H groups in total. The van der Waals surface area contributed by atoms with Crippen LogP contribution >= 0.6 is 27.3 Å². The standard InChI is InChI=1S/C18H22BrN3O2S/c1-3-23-16-8-13(10-20-22-18-21-12(2)11-25-18)15(19)9-17(16)24-14-6-4-5-7-14/h8-11,14H,3-7H2,1-2H3,(H,21,22). The number of thiazole rings is 1. The average molecular weight is 424 g/mol. The van der Waals surface area contributed by atoms with Crippen molar-refractivity contribution in [2.75, 3.05) is 12.0 Å². The molecule has 5 nitrogen and oxygen atoms in total. The molecule has 0 aliphatic heterocycles. The van der Waals surface area contributed by atoms with Crippen LogP contribution in [0, 0.1) is 6.92 Å². The number of ether oxygens (including phenoxy) is 2. The van der Waals surface area contributed by atoms with Gasteiger partial charge in [-0.25, -0.2) is 4.98 Å². The molecular formula is C18H22BrN3O2S. The molecule has 1 fully saturated rings. The predicted molar refractivity (Wildman–Crippen MR) is 106 cm³/mol. The first-order chi connectivity index (χ1) is 12.2. The van der Waals surface area contributed by atoms with E-state index in [2.05, 4.69) is 31.4 Å². The molecule has 134 valence electrons. The Hall–Kier alpha value is -1.60. The average Bonchev–Trinajstić information content (AvgIpc) is 3.23. The molecule has 1 aliphatic carbocycles. The number of rotatable bonds is 7. The van der Waals surface area contributed by atoms with Gasteiger partial charge in [0.1, 0.15) is 0 Å². The maximum Gasteiger partial charge on any atom is 0.203 e. The predicted octanol–water partition coefficient (Wildman–Crippen LogP) is 5.38. The molecule has 1 aliphatic rings. The van der Waals surface area contributed by atoms with Crippen LogP contribution in [0.3, 0.4) is 0 Å². The molecule has 0 amide bonds. The summed E-state index contributed by atoms with van der Waals surface area (Å²) in [5.74, 6) is 1.55. The first kappa shape index (κ1) is 18.2. The van der Waals surface area contributed by atoms with Crippen molar-refractivity contribution in [1.82, 2.24) is 4.98 Å². The molecule has 1 saturated carbocycles. The second kappa shape index (κ2) is 8.67. The van der Waals surface area contributed by atoms with Crippen molar-refractivity contribution >= 4 is 38.6 Å². The normalized spacial score (nSPS) is 15.0. The summed E-state index contributed by atoms with van der Waals surface area (Å²) in [4.78, 5) is 4.32. The minimum absolute atomic E-state index is 0.292. The Balaban J connectivity index is 1.75. The molecule has 7 heteroatoms. The topological polar surface area (TPSA) is 55.7 Å². The number of halogens is 1. The maximum absolute atomic E-state index is 6.15. The van der Waals surface area contributed by atoms with Crippen molar-refractivity contribution in [3.63, 3.8) is 0 Å². The SMILES string of the molecule is CCOc1cc(C=NNc2nc(C)cs2)c(Br)cc1OC1CCCC1. The lowest BCUT2D eigenvalue weighted by Gasteiger charge is -2.17. The lowest BCUT2D eigenvalue weighted by Crippen LogP contribution is -2.12. The Labute approximate surface area is 160 Å². The third-order valence-corrected chi connectivity index (χ3v) is 5.49. The number of benzene rings is 1. The van der Waals surface area contributed by atoms with E-state index in [1.54, 1.807) is 6.21 Å². The minimum atomic E-state index is 0.292. The third-order valence-electron chi connectivity index (χ3n) is 3.94. The Morgan fingerprint density at radius 3 is 2.84 bits per heavy atom. The van der Waals surface area contributed by atoms with E-state index in [4.69, 9.17) is 9.47 Å². The quantitative estimate of drug-likeness (QED) is 0.479. The second-order valence-electron chi connectivity index (χ2n) is 5.94. The van der Waals surface area contributed by atoms with E-state index in [0.717, 1.165) is 45.2 Å². The van der Waals surface area contributed by atoms with Gasteiger partial charge in [-0.15, -0.1) is 11.3 Å². The van der Waals surface area contributed by atoms with Gasteiger partial charge in [-0.3, -0.25) is 5.43 Å². The van der Waals surface area contributed by atoms with Crippen molar-refractivity contribution in [2.24, 2.45) is 5.10 Å². The fourth-order valence-corrected chi connectivity index (χ4v) is 3.82. The van der Waals surface area contributed by atoms with Gasteiger partial charge in [0.2, 0.25) is 5.13 Å². The van der Waals surface area contributed by atoms with E-state index in [-0.39, 0.29) is 0 Å². The van der Waals surface area contributed by atoms with Gasteiger partial charge < -0.3 is 9.47 Å². The summed E-state index contributed by atoms with van der Waals surface area (Å²) in [6.07, 6.45) is 6.75. The van der Waals surface area contributed by atoms with Gasteiger partial charge in [0.05, 0.1) is 24.6 Å². The van der Waals surface area contributed by atoms with Gasteiger partial charge in [0.15, 0.2) is 11.5 Å². The van der Waals surface area contributed by atoms with Gasteiger partial charge in [-0.05, 0) is 67.6 Å². The van der Waals surface area contributed by atoms with Crippen molar-refractivity contribution in [3.05, 3.63) is 33.2 Å². The van der Waals surface area contributed by atoms with E-state index in [1.807, 2.05) is 31.4 Å². The summed E-state index contributed by atoms with van der Waals surface area (Å²) >= 11 is 5.13. The van der Waals surface area contributed by atoms with Gasteiger partial charge in [0.25, 0.3) is 0 Å². The molecule has 25 heavy (non-hydrogen) atoms. The van der Waals surface area contributed by atoms with Gasteiger partial charge >= 0.3 is 0 Å². The van der Waals surface area contributed by atoms with Gasteiger partial charge in [0, 0.05) is 15.4 Å². The van der Waals surface area contributed by atoms with Crippen LogP contribution in [0.25, 0.3) is 0 Å². The Bertz CT molecular complexity index is 742. The van der Waals surface area contributed by atoms with Crippen LogP contribution in [-0.4, -0.2) is 23.9 Å². The second-order valence-corrected chi connectivity index (χ2v) is 7.65. The molecule has 1 aromatic heterocycles. The molecule has 2 aromatic rings. The summed E-state index contributed by atoms with van der Waals surface area (Å²) in [6, 6.07) is 3.92. The molecular weight excluding hydrogens is 402 g/mol. The molecule has 0 radical (unpaired) electrons. The molecule has 3 rings (SSSR count). The molecule has 0 bridgehead atoms. The van der Waals surface area contributed by atoms with Crippen LogP contribution in [0.1, 0.15) is 43.9 Å². The Morgan fingerprint density at radius 1 is 1.36 bits per heavy atom. The number of hydrogen-bond donors (Lipinski definition) is 1. The van der Waals surface area contributed by atoms with E-state index in [0.29, 0.717) is 12.7 Å². The van der Waals surface area contributed by atoms with E-state index >= 15 is 0 Å². The lowest BCUT2D eigenvalue weighted by atomic mass is 10.2. The molecule has 1 aromatic carbocycles. The number of aryl methyl sites for hydroxylation is 1. The fraction of sp³-hybridized carbons (Fsp3) is 0.444. The maximum atomic E-state index is 6.15. The highest BCUT2D eigenvalue weighted by Gasteiger charge is 2.19. The lowest BCUT2D eigenvalue weighted by molar-refractivity contribution is 0.196.